The van der Waals surface area contributed by atoms with Gasteiger partial charge >= 0.3 is 5.97 Å². The first kappa shape index (κ1) is 25.1. The summed E-state index contributed by atoms with van der Waals surface area (Å²) in [6.07, 6.45) is 3.13. The fourth-order valence-electron chi connectivity index (χ4n) is 3.38. The minimum absolute atomic E-state index is 0.148. The molecule has 1 aromatic heterocycles. The van der Waals surface area contributed by atoms with Crippen LogP contribution in [0.5, 0.6) is 11.5 Å². The van der Waals surface area contributed by atoms with Crippen LogP contribution in [0, 0.1) is 11.3 Å². The van der Waals surface area contributed by atoms with Gasteiger partial charge in [0.2, 0.25) is 5.91 Å². The lowest BCUT2D eigenvalue weighted by molar-refractivity contribution is -0.147. The van der Waals surface area contributed by atoms with Crippen molar-refractivity contribution in [2.24, 2.45) is 11.3 Å². The first-order chi connectivity index (χ1) is 15.0. The van der Waals surface area contributed by atoms with E-state index >= 15 is 0 Å². The molecule has 0 aliphatic carbocycles. The number of nitrogens with one attached hydrogen (secondary N) is 1. The van der Waals surface area contributed by atoms with Gasteiger partial charge in [0.05, 0.1) is 38.1 Å². The number of carbonyl (C=O) groups is 2. The van der Waals surface area contributed by atoms with Crippen LogP contribution in [0.1, 0.15) is 50.8 Å². The van der Waals surface area contributed by atoms with Crippen molar-refractivity contribution in [3.63, 3.8) is 0 Å². The van der Waals surface area contributed by atoms with Crippen LogP contribution in [0.2, 0.25) is 0 Å². The van der Waals surface area contributed by atoms with Crippen molar-refractivity contribution in [3.8, 4) is 11.5 Å². The van der Waals surface area contributed by atoms with Crippen LogP contribution in [0.15, 0.2) is 36.7 Å². The molecule has 0 fully saturated rings. The number of methoxy groups -OCH3 is 2. The molecule has 1 aromatic carbocycles. The third-order valence-corrected chi connectivity index (χ3v) is 5.32. The summed E-state index contributed by atoms with van der Waals surface area (Å²) < 4.78 is 10.5. The summed E-state index contributed by atoms with van der Waals surface area (Å²) in [5, 5.41) is 22.7. The highest BCUT2D eigenvalue weighted by molar-refractivity contribution is 5.93. The summed E-state index contributed by atoms with van der Waals surface area (Å²) >= 11 is 0. The molecule has 1 heterocycles. The lowest BCUT2D eigenvalue weighted by Crippen LogP contribution is -2.32. The average molecular weight is 445 g/mol. The van der Waals surface area contributed by atoms with Crippen molar-refractivity contribution in [3.05, 3.63) is 47.8 Å². The topological polar surface area (TPSA) is 118 Å². The summed E-state index contributed by atoms with van der Waals surface area (Å²) in [5.74, 6) is -0.969. The lowest BCUT2D eigenvalue weighted by atomic mass is 9.78. The number of anilines is 1. The Labute approximate surface area is 188 Å². The molecule has 0 saturated carbocycles. The maximum absolute atomic E-state index is 12.4. The number of carboxylic acid groups (broad SMARTS) is 1. The Morgan fingerprint density at radius 3 is 2.38 bits per heavy atom. The number of amides is 1. The number of benzene rings is 1. The van der Waals surface area contributed by atoms with E-state index in [4.69, 9.17) is 9.47 Å². The highest BCUT2D eigenvalue weighted by Gasteiger charge is 2.33. The molecule has 2 rings (SSSR count). The minimum atomic E-state index is -1.01. The third kappa shape index (κ3) is 6.95. The van der Waals surface area contributed by atoms with Crippen LogP contribution in [-0.2, 0) is 16.0 Å². The molecule has 0 aliphatic heterocycles. The van der Waals surface area contributed by atoms with Gasteiger partial charge in [-0.1, -0.05) is 26.8 Å². The SMILES string of the molecule is COc1ccc(CCC(O)c2cncc(NC(=O)C[C@@H](C(=O)O)C(C)(C)C)c2)cc1OC. The number of carboxylic acids is 1. The number of aryl methyl sites for hydroxylation is 1. The van der Waals surface area contributed by atoms with Crippen LogP contribution >= 0.6 is 0 Å². The summed E-state index contributed by atoms with van der Waals surface area (Å²) in [4.78, 5) is 28.0. The molecule has 8 heteroatoms. The Hall–Kier alpha value is -3.13. The number of rotatable bonds is 10. The van der Waals surface area contributed by atoms with E-state index in [9.17, 15) is 19.8 Å². The number of carbonyl (C=O) groups excluding carboxylic acids is 1. The van der Waals surface area contributed by atoms with Crippen molar-refractivity contribution in [2.45, 2.75) is 46.1 Å². The zero-order valence-corrected chi connectivity index (χ0v) is 19.2. The van der Waals surface area contributed by atoms with E-state index in [1.807, 2.05) is 18.2 Å². The smallest absolute Gasteiger partial charge is 0.307 e. The maximum atomic E-state index is 12.4. The highest BCUT2D eigenvalue weighted by Crippen LogP contribution is 2.30. The largest absolute Gasteiger partial charge is 0.493 e. The van der Waals surface area contributed by atoms with Gasteiger partial charge in [0.15, 0.2) is 11.5 Å². The van der Waals surface area contributed by atoms with E-state index in [0.29, 0.717) is 35.6 Å². The lowest BCUT2D eigenvalue weighted by Gasteiger charge is -2.26. The second-order valence-corrected chi connectivity index (χ2v) is 8.76. The zero-order valence-electron chi connectivity index (χ0n) is 19.2. The van der Waals surface area contributed by atoms with E-state index in [2.05, 4.69) is 10.3 Å². The standard InChI is InChI=1S/C24H32N2O6/c1-24(2,3)18(23(29)30)12-22(28)26-17-11-16(13-25-14-17)19(27)8-6-15-7-9-20(31-4)21(10-15)32-5/h7,9-11,13-14,18-19,27H,6,8,12H2,1-5H3,(H,26,28)(H,29,30)/t18-,19?/m0/s1. The molecule has 1 amide bonds. The quantitative estimate of drug-likeness (QED) is 0.509. The fourth-order valence-corrected chi connectivity index (χ4v) is 3.38. The zero-order chi connectivity index (χ0) is 23.9. The summed E-state index contributed by atoms with van der Waals surface area (Å²) in [6, 6.07) is 7.25. The monoisotopic (exact) mass is 444 g/mol. The first-order valence-corrected chi connectivity index (χ1v) is 10.4. The number of nitrogens with zero attached hydrogens (tertiary/aromatic N) is 1. The van der Waals surface area contributed by atoms with E-state index in [1.54, 1.807) is 47.3 Å². The van der Waals surface area contributed by atoms with Crippen LogP contribution < -0.4 is 14.8 Å². The molecular weight excluding hydrogens is 412 g/mol. The molecule has 2 atom stereocenters. The van der Waals surface area contributed by atoms with Crippen molar-refractivity contribution in [1.29, 1.82) is 0 Å². The summed E-state index contributed by atoms with van der Waals surface area (Å²) in [6.45, 7) is 5.36. The molecule has 0 spiro atoms. The van der Waals surface area contributed by atoms with Gasteiger partial charge in [0.1, 0.15) is 0 Å². The van der Waals surface area contributed by atoms with Crippen LogP contribution in [0.3, 0.4) is 0 Å². The number of aliphatic hydroxyl groups is 1. The van der Waals surface area contributed by atoms with Gasteiger partial charge in [-0.05, 0) is 42.0 Å². The predicted molar refractivity (Wildman–Crippen MR) is 121 cm³/mol. The first-order valence-electron chi connectivity index (χ1n) is 10.4. The van der Waals surface area contributed by atoms with Crippen LogP contribution in [0.4, 0.5) is 5.69 Å². The molecule has 0 bridgehead atoms. The number of ether oxygens (including phenoxy) is 2. The molecule has 8 nitrogen and oxygen atoms in total. The number of aliphatic carboxylic acids is 1. The van der Waals surface area contributed by atoms with Gasteiger partial charge < -0.3 is 25.0 Å². The van der Waals surface area contributed by atoms with Gasteiger partial charge in [0.25, 0.3) is 0 Å². The molecule has 2 aromatic rings. The van der Waals surface area contributed by atoms with Gasteiger partial charge in [0, 0.05) is 18.2 Å². The Morgan fingerprint density at radius 1 is 1.09 bits per heavy atom. The van der Waals surface area contributed by atoms with Gasteiger partial charge in [-0.25, -0.2) is 0 Å². The van der Waals surface area contributed by atoms with Crippen molar-refractivity contribution >= 4 is 17.6 Å². The Balaban J connectivity index is 2.01. The number of hydrogen-bond acceptors (Lipinski definition) is 6. The number of hydrogen-bond donors (Lipinski definition) is 3. The molecule has 3 N–H and O–H groups in total. The number of pyridine rings is 1. The molecule has 32 heavy (non-hydrogen) atoms. The molecule has 1 unspecified atom stereocenters. The van der Waals surface area contributed by atoms with Crippen LogP contribution in [0.25, 0.3) is 0 Å². The minimum Gasteiger partial charge on any atom is -0.493 e. The normalized spacial score (nSPS) is 13.2. The Kier molecular flexibility index (Phi) is 8.60. The molecular formula is C24H32N2O6. The van der Waals surface area contributed by atoms with E-state index in [1.165, 1.54) is 6.20 Å². The second kappa shape index (κ2) is 10.9. The van der Waals surface area contributed by atoms with E-state index in [0.717, 1.165) is 5.56 Å². The molecule has 0 aliphatic rings. The van der Waals surface area contributed by atoms with Gasteiger partial charge in [-0.15, -0.1) is 0 Å². The predicted octanol–water partition coefficient (Wildman–Crippen LogP) is 3.84. The summed E-state index contributed by atoms with van der Waals surface area (Å²) in [5.41, 5.74) is 1.41. The number of aromatic nitrogens is 1. The molecule has 0 saturated heterocycles. The van der Waals surface area contributed by atoms with E-state index in [-0.39, 0.29) is 6.42 Å². The van der Waals surface area contributed by atoms with Crippen molar-refractivity contribution in [1.82, 2.24) is 4.98 Å². The summed E-state index contributed by atoms with van der Waals surface area (Å²) in [7, 11) is 3.15. The fraction of sp³-hybridized carbons (Fsp3) is 0.458. The van der Waals surface area contributed by atoms with Gasteiger partial charge in [-0.3, -0.25) is 14.6 Å². The van der Waals surface area contributed by atoms with E-state index < -0.39 is 29.3 Å². The average Bonchev–Trinajstić information content (AvgIpc) is 2.74. The van der Waals surface area contributed by atoms with Gasteiger partial charge in [-0.2, -0.15) is 0 Å². The Morgan fingerprint density at radius 2 is 1.78 bits per heavy atom. The molecule has 0 radical (unpaired) electrons. The highest BCUT2D eigenvalue weighted by atomic mass is 16.5. The van der Waals surface area contributed by atoms with Crippen molar-refractivity contribution in [2.75, 3.05) is 19.5 Å². The molecule has 174 valence electrons. The number of aliphatic hydroxyl groups excluding tert-OH is 1. The third-order valence-electron chi connectivity index (χ3n) is 5.32. The van der Waals surface area contributed by atoms with Crippen LogP contribution in [-0.4, -0.2) is 41.3 Å². The second-order valence-electron chi connectivity index (χ2n) is 8.76. The maximum Gasteiger partial charge on any atom is 0.307 e. The van der Waals surface area contributed by atoms with Crippen molar-refractivity contribution < 1.29 is 29.3 Å². The Bertz CT molecular complexity index is 938.